The van der Waals surface area contributed by atoms with Gasteiger partial charge in [0.05, 0.1) is 0 Å². The summed E-state index contributed by atoms with van der Waals surface area (Å²) in [4.78, 5) is 0. The first-order chi connectivity index (χ1) is 8.38. The molecule has 1 aromatic carbocycles. The first kappa shape index (κ1) is 14.2. The van der Waals surface area contributed by atoms with E-state index in [-0.39, 0.29) is 0 Å². The summed E-state index contributed by atoms with van der Waals surface area (Å²) in [6, 6.07) is 10.7. The summed E-state index contributed by atoms with van der Waals surface area (Å²) in [6.45, 7) is 8.10. The van der Waals surface area contributed by atoms with Crippen LogP contribution in [0.15, 0.2) is 30.3 Å². The van der Waals surface area contributed by atoms with Crippen molar-refractivity contribution in [2.24, 2.45) is 0 Å². The molecule has 0 saturated heterocycles. The molecule has 0 aromatic heterocycles. The van der Waals surface area contributed by atoms with E-state index in [1.807, 2.05) is 0 Å². The maximum atomic E-state index is 5.59. The zero-order valence-corrected chi connectivity index (χ0v) is 11.1. The first-order valence-corrected chi connectivity index (χ1v) is 6.71. The van der Waals surface area contributed by atoms with Crippen LogP contribution in [0.25, 0.3) is 0 Å². The number of nitrogens with one attached hydrogen (secondary N) is 1. The van der Waals surface area contributed by atoms with E-state index in [1.54, 1.807) is 0 Å². The fraction of sp³-hybridized carbons (Fsp3) is 0.600. The van der Waals surface area contributed by atoms with Crippen molar-refractivity contribution in [1.82, 2.24) is 5.32 Å². The van der Waals surface area contributed by atoms with Crippen LogP contribution in [0.3, 0.4) is 0 Å². The molecule has 0 heterocycles. The predicted molar refractivity (Wildman–Crippen MR) is 73.5 cm³/mol. The van der Waals surface area contributed by atoms with Crippen LogP contribution in [0.2, 0.25) is 0 Å². The molecule has 0 bridgehead atoms. The minimum absolute atomic E-state index is 0.563. The van der Waals surface area contributed by atoms with Crippen LogP contribution >= 0.6 is 0 Å². The quantitative estimate of drug-likeness (QED) is 0.664. The highest BCUT2D eigenvalue weighted by Crippen LogP contribution is 2.18. The van der Waals surface area contributed by atoms with Gasteiger partial charge in [0.1, 0.15) is 0 Å². The third kappa shape index (κ3) is 5.85. The zero-order chi connectivity index (χ0) is 12.3. The van der Waals surface area contributed by atoms with Crippen LogP contribution in [0.4, 0.5) is 0 Å². The maximum absolute atomic E-state index is 5.59. The van der Waals surface area contributed by atoms with E-state index < -0.39 is 0 Å². The molecule has 0 spiro atoms. The highest BCUT2D eigenvalue weighted by Gasteiger charge is 2.10. The zero-order valence-electron chi connectivity index (χ0n) is 11.1. The first-order valence-electron chi connectivity index (χ1n) is 6.71. The Hall–Kier alpha value is -0.860. The Kier molecular flexibility index (Phi) is 7.69. The van der Waals surface area contributed by atoms with Crippen LogP contribution in [0.5, 0.6) is 0 Å². The van der Waals surface area contributed by atoms with Gasteiger partial charge in [-0.3, -0.25) is 0 Å². The van der Waals surface area contributed by atoms with Crippen molar-refractivity contribution in [1.29, 1.82) is 0 Å². The lowest BCUT2D eigenvalue weighted by molar-refractivity contribution is 0.127. The molecule has 0 fully saturated rings. The average Bonchev–Trinajstić information content (AvgIpc) is 2.39. The Bertz CT molecular complexity index is 274. The van der Waals surface area contributed by atoms with Crippen molar-refractivity contribution in [3.05, 3.63) is 35.9 Å². The minimum Gasteiger partial charge on any atom is -0.381 e. The Morgan fingerprint density at radius 3 is 2.53 bits per heavy atom. The summed E-state index contributed by atoms with van der Waals surface area (Å²) in [7, 11) is 0. The topological polar surface area (TPSA) is 21.3 Å². The highest BCUT2D eigenvalue weighted by molar-refractivity contribution is 5.19. The Morgan fingerprint density at radius 2 is 1.88 bits per heavy atom. The maximum Gasteiger partial charge on any atom is 0.0472 e. The molecular weight excluding hydrogens is 210 g/mol. The van der Waals surface area contributed by atoms with Crippen molar-refractivity contribution >= 4 is 0 Å². The van der Waals surface area contributed by atoms with E-state index in [2.05, 4.69) is 49.5 Å². The van der Waals surface area contributed by atoms with Gasteiger partial charge >= 0.3 is 0 Å². The number of benzene rings is 1. The van der Waals surface area contributed by atoms with Gasteiger partial charge in [-0.05, 0) is 30.9 Å². The van der Waals surface area contributed by atoms with Gasteiger partial charge in [0.25, 0.3) is 0 Å². The molecular formula is C15H25NO. The van der Waals surface area contributed by atoms with Crippen LogP contribution < -0.4 is 5.32 Å². The summed E-state index contributed by atoms with van der Waals surface area (Å²) in [6.07, 6.45) is 2.19. The standard InChI is InChI=1S/C15H25NO/c1-3-11-17-12-10-15(13-16-4-2)14-8-6-5-7-9-14/h5-9,15-16H,3-4,10-13H2,1-2H3. The second-order valence-electron chi connectivity index (χ2n) is 4.32. The molecule has 1 atom stereocenters. The molecule has 0 amide bonds. The van der Waals surface area contributed by atoms with Crippen molar-refractivity contribution in [2.45, 2.75) is 32.6 Å². The van der Waals surface area contributed by atoms with Gasteiger partial charge in [0.15, 0.2) is 0 Å². The fourth-order valence-corrected chi connectivity index (χ4v) is 1.90. The molecule has 1 aromatic rings. The van der Waals surface area contributed by atoms with Crippen LogP contribution in [-0.2, 0) is 4.74 Å². The molecule has 2 nitrogen and oxygen atoms in total. The lowest BCUT2D eigenvalue weighted by Gasteiger charge is -2.17. The molecule has 96 valence electrons. The fourth-order valence-electron chi connectivity index (χ4n) is 1.90. The van der Waals surface area contributed by atoms with E-state index in [0.717, 1.165) is 39.1 Å². The van der Waals surface area contributed by atoms with E-state index in [4.69, 9.17) is 4.74 Å². The molecule has 0 aliphatic carbocycles. The highest BCUT2D eigenvalue weighted by atomic mass is 16.5. The van der Waals surface area contributed by atoms with E-state index in [1.165, 1.54) is 5.56 Å². The van der Waals surface area contributed by atoms with Crippen molar-refractivity contribution in [3.63, 3.8) is 0 Å². The predicted octanol–water partition coefficient (Wildman–Crippen LogP) is 3.20. The van der Waals surface area contributed by atoms with E-state index in [9.17, 15) is 0 Å². The van der Waals surface area contributed by atoms with Crippen LogP contribution in [0.1, 0.15) is 38.2 Å². The number of hydrogen-bond acceptors (Lipinski definition) is 2. The Labute approximate surface area is 105 Å². The van der Waals surface area contributed by atoms with Crippen LogP contribution in [0, 0.1) is 0 Å². The molecule has 1 N–H and O–H groups in total. The summed E-state index contributed by atoms with van der Waals surface area (Å²) >= 11 is 0. The summed E-state index contributed by atoms with van der Waals surface area (Å²) in [5, 5.41) is 3.43. The van der Waals surface area contributed by atoms with Gasteiger partial charge < -0.3 is 10.1 Å². The lowest BCUT2D eigenvalue weighted by Crippen LogP contribution is -2.22. The minimum atomic E-state index is 0.563. The second-order valence-corrected chi connectivity index (χ2v) is 4.32. The van der Waals surface area contributed by atoms with Gasteiger partial charge in [-0.2, -0.15) is 0 Å². The third-order valence-electron chi connectivity index (χ3n) is 2.87. The largest absolute Gasteiger partial charge is 0.381 e. The van der Waals surface area contributed by atoms with Crippen LogP contribution in [-0.4, -0.2) is 26.3 Å². The molecule has 1 rings (SSSR count). The molecule has 1 unspecified atom stereocenters. The molecule has 17 heavy (non-hydrogen) atoms. The normalized spacial score (nSPS) is 12.6. The SMILES string of the molecule is CCCOCCC(CNCC)c1ccccc1. The number of hydrogen-bond donors (Lipinski definition) is 1. The summed E-state index contributed by atoms with van der Waals surface area (Å²) < 4.78 is 5.59. The molecule has 2 heteroatoms. The second kappa shape index (κ2) is 9.20. The Balaban J connectivity index is 2.43. The monoisotopic (exact) mass is 235 g/mol. The van der Waals surface area contributed by atoms with Gasteiger partial charge in [-0.1, -0.05) is 44.2 Å². The van der Waals surface area contributed by atoms with Crippen molar-refractivity contribution in [2.75, 3.05) is 26.3 Å². The van der Waals surface area contributed by atoms with Gasteiger partial charge in [0, 0.05) is 19.8 Å². The van der Waals surface area contributed by atoms with Gasteiger partial charge in [-0.25, -0.2) is 0 Å². The molecule has 0 aliphatic heterocycles. The number of rotatable bonds is 9. The van der Waals surface area contributed by atoms with Gasteiger partial charge in [0.2, 0.25) is 0 Å². The third-order valence-corrected chi connectivity index (χ3v) is 2.87. The summed E-state index contributed by atoms with van der Waals surface area (Å²) in [5.74, 6) is 0.563. The molecule has 0 radical (unpaired) electrons. The average molecular weight is 235 g/mol. The smallest absolute Gasteiger partial charge is 0.0472 e. The molecule has 0 saturated carbocycles. The van der Waals surface area contributed by atoms with Crippen molar-refractivity contribution < 1.29 is 4.74 Å². The van der Waals surface area contributed by atoms with Crippen molar-refractivity contribution in [3.8, 4) is 0 Å². The summed E-state index contributed by atoms with van der Waals surface area (Å²) in [5.41, 5.74) is 1.41. The van der Waals surface area contributed by atoms with E-state index >= 15 is 0 Å². The molecule has 0 aliphatic rings. The van der Waals surface area contributed by atoms with E-state index in [0.29, 0.717) is 5.92 Å². The number of likely N-dealkylation sites (N-methyl/N-ethyl adjacent to an activating group) is 1. The number of ether oxygens (including phenoxy) is 1. The van der Waals surface area contributed by atoms with Gasteiger partial charge in [-0.15, -0.1) is 0 Å². The Morgan fingerprint density at radius 1 is 1.12 bits per heavy atom. The lowest BCUT2D eigenvalue weighted by atomic mass is 9.96.